The van der Waals surface area contributed by atoms with Gasteiger partial charge in [-0.3, -0.25) is 9.89 Å². The molecule has 4 N–H and O–H groups in total. The van der Waals surface area contributed by atoms with Crippen LogP contribution in [0.25, 0.3) is 0 Å². The quantitative estimate of drug-likeness (QED) is 0.639. The van der Waals surface area contributed by atoms with Gasteiger partial charge in [-0.1, -0.05) is 0 Å². The Bertz CT molecular complexity index is 463. The fourth-order valence-corrected chi connectivity index (χ4v) is 2.60. The third kappa shape index (κ3) is 3.31. The van der Waals surface area contributed by atoms with E-state index in [9.17, 15) is 13.2 Å². The van der Waals surface area contributed by atoms with Crippen molar-refractivity contribution in [2.24, 2.45) is 5.73 Å². The zero-order chi connectivity index (χ0) is 12.4. The summed E-state index contributed by atoms with van der Waals surface area (Å²) < 4.78 is 25.9. The summed E-state index contributed by atoms with van der Waals surface area (Å²) in [5.41, 5.74) is 4.10. The maximum Gasteiger partial charge on any atom is 0.244 e. The fourth-order valence-electron chi connectivity index (χ4n) is 1.28. The van der Waals surface area contributed by atoms with E-state index in [0.29, 0.717) is 0 Å². The fraction of sp³-hybridized carbons (Fsp3) is 0.500. The second-order valence-electron chi connectivity index (χ2n) is 4.07. The molecule has 1 rings (SSSR count). The second-order valence-corrected chi connectivity index (χ2v) is 5.75. The molecule has 8 heteroatoms. The van der Waals surface area contributed by atoms with Gasteiger partial charge in [0.2, 0.25) is 15.9 Å². The highest BCUT2D eigenvalue weighted by molar-refractivity contribution is 7.89. The number of aromatic nitrogens is 2. The molecule has 0 radical (unpaired) electrons. The first-order chi connectivity index (χ1) is 7.23. The van der Waals surface area contributed by atoms with E-state index in [4.69, 9.17) is 5.73 Å². The average molecular weight is 246 g/mol. The molecule has 0 spiro atoms. The topological polar surface area (TPSA) is 118 Å². The van der Waals surface area contributed by atoms with Gasteiger partial charge in [0, 0.05) is 18.2 Å². The molecule has 16 heavy (non-hydrogen) atoms. The second kappa shape index (κ2) is 4.22. The molecule has 0 fully saturated rings. The Labute approximate surface area is 93.5 Å². The van der Waals surface area contributed by atoms with Crippen LogP contribution in [0.15, 0.2) is 17.3 Å². The Morgan fingerprint density at radius 3 is 2.69 bits per heavy atom. The van der Waals surface area contributed by atoms with Crippen molar-refractivity contribution < 1.29 is 13.2 Å². The number of amides is 1. The van der Waals surface area contributed by atoms with Gasteiger partial charge in [0.05, 0.1) is 6.20 Å². The number of carbonyl (C=O) groups excluding carboxylic acids is 1. The lowest BCUT2D eigenvalue weighted by Gasteiger charge is -2.23. The Balaban J connectivity index is 2.85. The third-order valence-electron chi connectivity index (χ3n) is 1.81. The van der Waals surface area contributed by atoms with E-state index in [0.717, 1.165) is 0 Å². The summed E-state index contributed by atoms with van der Waals surface area (Å²) in [6.07, 6.45) is 2.36. The maximum absolute atomic E-state index is 11.8. The highest BCUT2D eigenvalue weighted by Crippen LogP contribution is 2.14. The molecule has 0 saturated carbocycles. The van der Waals surface area contributed by atoms with Crippen molar-refractivity contribution >= 4 is 15.9 Å². The Hall–Kier alpha value is -1.41. The van der Waals surface area contributed by atoms with E-state index in [1.165, 1.54) is 12.4 Å². The molecule has 1 aromatic heterocycles. The van der Waals surface area contributed by atoms with Gasteiger partial charge in [0.15, 0.2) is 0 Å². The first kappa shape index (κ1) is 12.7. The van der Waals surface area contributed by atoms with Gasteiger partial charge in [0.1, 0.15) is 4.90 Å². The van der Waals surface area contributed by atoms with Gasteiger partial charge in [-0.2, -0.15) is 5.10 Å². The van der Waals surface area contributed by atoms with Gasteiger partial charge >= 0.3 is 0 Å². The number of hydrogen-bond donors (Lipinski definition) is 3. The number of sulfonamides is 1. The van der Waals surface area contributed by atoms with E-state index in [1.807, 2.05) is 0 Å². The molecule has 0 aliphatic rings. The van der Waals surface area contributed by atoms with Crippen LogP contribution in [0.2, 0.25) is 0 Å². The van der Waals surface area contributed by atoms with Crippen LogP contribution in [0, 0.1) is 0 Å². The lowest BCUT2D eigenvalue weighted by Crippen LogP contribution is -2.45. The molecule has 0 saturated heterocycles. The van der Waals surface area contributed by atoms with Crippen LogP contribution in [0.1, 0.15) is 20.3 Å². The van der Waals surface area contributed by atoms with Crippen molar-refractivity contribution in [3.05, 3.63) is 12.4 Å². The van der Waals surface area contributed by atoms with Crippen LogP contribution >= 0.6 is 0 Å². The zero-order valence-corrected chi connectivity index (χ0v) is 9.84. The molecule has 0 atom stereocenters. The molecule has 0 unspecified atom stereocenters. The van der Waals surface area contributed by atoms with Crippen molar-refractivity contribution in [1.29, 1.82) is 0 Å². The van der Waals surface area contributed by atoms with E-state index in [2.05, 4.69) is 14.9 Å². The number of nitrogens with one attached hydrogen (secondary N) is 2. The first-order valence-electron chi connectivity index (χ1n) is 4.54. The van der Waals surface area contributed by atoms with E-state index < -0.39 is 21.5 Å². The Kier molecular flexibility index (Phi) is 3.34. The van der Waals surface area contributed by atoms with Crippen LogP contribution in [0.5, 0.6) is 0 Å². The molecule has 1 aromatic rings. The highest BCUT2D eigenvalue weighted by atomic mass is 32.2. The number of nitrogens with zero attached hydrogens (tertiary/aromatic N) is 1. The number of primary amides is 1. The smallest absolute Gasteiger partial charge is 0.244 e. The molecular weight excluding hydrogens is 232 g/mol. The summed E-state index contributed by atoms with van der Waals surface area (Å²) in [6.45, 7) is 3.16. The van der Waals surface area contributed by atoms with Crippen molar-refractivity contribution in [1.82, 2.24) is 14.9 Å². The van der Waals surface area contributed by atoms with E-state index in [1.54, 1.807) is 13.8 Å². The number of nitrogens with two attached hydrogens (primary N) is 1. The summed E-state index contributed by atoms with van der Waals surface area (Å²) in [7, 11) is -3.67. The van der Waals surface area contributed by atoms with Crippen molar-refractivity contribution in [3.63, 3.8) is 0 Å². The first-order valence-corrected chi connectivity index (χ1v) is 6.02. The molecule has 0 bridgehead atoms. The normalized spacial score (nSPS) is 12.6. The maximum atomic E-state index is 11.8. The predicted molar refractivity (Wildman–Crippen MR) is 56.8 cm³/mol. The van der Waals surface area contributed by atoms with Crippen molar-refractivity contribution in [3.8, 4) is 0 Å². The minimum Gasteiger partial charge on any atom is -0.370 e. The summed E-state index contributed by atoms with van der Waals surface area (Å²) in [4.78, 5) is 10.8. The van der Waals surface area contributed by atoms with Gasteiger partial charge in [0.25, 0.3) is 0 Å². The molecule has 1 heterocycles. The van der Waals surface area contributed by atoms with E-state index in [-0.39, 0.29) is 11.3 Å². The minimum atomic E-state index is -3.67. The summed E-state index contributed by atoms with van der Waals surface area (Å²) in [5, 5.41) is 5.95. The van der Waals surface area contributed by atoms with Crippen LogP contribution in [-0.4, -0.2) is 30.1 Å². The van der Waals surface area contributed by atoms with Gasteiger partial charge < -0.3 is 5.73 Å². The van der Waals surface area contributed by atoms with Crippen molar-refractivity contribution in [2.45, 2.75) is 30.7 Å². The predicted octanol–water partition coefficient (Wildman–Crippen LogP) is -0.658. The number of H-pyrrole nitrogens is 1. The summed E-state index contributed by atoms with van der Waals surface area (Å²) in [5.74, 6) is -0.570. The molecule has 0 aliphatic heterocycles. The molecule has 0 aliphatic carbocycles. The standard InChI is InChI=1S/C8H14N4O3S/c1-8(2,3-7(9)13)12-16(14,15)6-4-10-11-5-6/h4-5,12H,3H2,1-2H3,(H2,9,13)(H,10,11). The van der Waals surface area contributed by atoms with Gasteiger partial charge in [-0.05, 0) is 13.8 Å². The van der Waals surface area contributed by atoms with Gasteiger partial charge in [-0.25, -0.2) is 13.1 Å². The largest absolute Gasteiger partial charge is 0.370 e. The Morgan fingerprint density at radius 1 is 1.62 bits per heavy atom. The number of carbonyl (C=O) groups is 1. The molecule has 1 amide bonds. The highest BCUT2D eigenvalue weighted by Gasteiger charge is 2.28. The molecular formula is C8H14N4O3S. The number of hydrogen-bond acceptors (Lipinski definition) is 4. The van der Waals surface area contributed by atoms with Crippen LogP contribution in [-0.2, 0) is 14.8 Å². The third-order valence-corrected chi connectivity index (χ3v) is 3.48. The monoisotopic (exact) mass is 246 g/mol. The summed E-state index contributed by atoms with van der Waals surface area (Å²) >= 11 is 0. The van der Waals surface area contributed by atoms with E-state index >= 15 is 0 Å². The molecule has 0 aromatic carbocycles. The average Bonchev–Trinajstić information content (AvgIpc) is 2.48. The van der Waals surface area contributed by atoms with Crippen LogP contribution in [0.4, 0.5) is 0 Å². The summed E-state index contributed by atoms with van der Waals surface area (Å²) in [6, 6.07) is 0. The van der Waals surface area contributed by atoms with Crippen molar-refractivity contribution in [2.75, 3.05) is 0 Å². The number of rotatable bonds is 5. The molecule has 7 nitrogen and oxygen atoms in total. The molecule has 90 valence electrons. The van der Waals surface area contributed by atoms with Gasteiger partial charge in [-0.15, -0.1) is 0 Å². The lowest BCUT2D eigenvalue weighted by atomic mass is 10.0. The van der Waals surface area contributed by atoms with Crippen LogP contribution < -0.4 is 10.5 Å². The minimum absolute atomic E-state index is 0.0186. The lowest BCUT2D eigenvalue weighted by molar-refractivity contribution is -0.119. The zero-order valence-electron chi connectivity index (χ0n) is 9.02. The number of aromatic amines is 1. The Morgan fingerprint density at radius 2 is 2.25 bits per heavy atom. The van der Waals surface area contributed by atoms with Crippen LogP contribution in [0.3, 0.4) is 0 Å². The SMILES string of the molecule is CC(C)(CC(N)=O)NS(=O)(=O)c1cn[nH]c1.